The van der Waals surface area contributed by atoms with Gasteiger partial charge in [0.2, 0.25) is 0 Å². The van der Waals surface area contributed by atoms with Crippen molar-refractivity contribution in [1.29, 1.82) is 0 Å². The Morgan fingerprint density at radius 1 is 1.00 bits per heavy atom. The van der Waals surface area contributed by atoms with Gasteiger partial charge in [-0.2, -0.15) is 0 Å². The SMILES string of the molecule is CC(C)(C)[Si](O[C@@H]1CC[C@](C)(CCI)c2cocc21)(c1ccccc1)c1ccccc1. The minimum atomic E-state index is -2.59. The Bertz CT molecular complexity index is 953. The van der Waals surface area contributed by atoms with Gasteiger partial charge in [-0.05, 0) is 40.1 Å². The van der Waals surface area contributed by atoms with Crippen molar-refractivity contribution in [3.63, 3.8) is 0 Å². The van der Waals surface area contributed by atoms with Crippen LogP contribution in [0.2, 0.25) is 5.04 Å². The normalized spacial score (nSPS) is 21.6. The molecule has 1 aliphatic rings. The van der Waals surface area contributed by atoms with Crippen LogP contribution in [0.1, 0.15) is 64.2 Å². The monoisotopic (exact) mass is 544 g/mol. The highest BCUT2D eigenvalue weighted by molar-refractivity contribution is 14.1. The molecule has 1 aromatic heterocycles. The maximum atomic E-state index is 7.45. The largest absolute Gasteiger partial charge is 0.472 e. The summed E-state index contributed by atoms with van der Waals surface area (Å²) < 4.78 is 14.4. The molecular weight excluding hydrogens is 511 g/mol. The summed E-state index contributed by atoms with van der Waals surface area (Å²) >= 11 is 2.49. The molecule has 0 bridgehead atoms. The zero-order valence-electron chi connectivity index (χ0n) is 19.0. The molecule has 2 aromatic carbocycles. The minimum absolute atomic E-state index is 0.0252. The second kappa shape index (κ2) is 8.87. The Labute approximate surface area is 201 Å². The summed E-state index contributed by atoms with van der Waals surface area (Å²) in [5, 5.41) is 2.64. The third kappa shape index (κ3) is 4.07. The molecule has 164 valence electrons. The molecule has 0 saturated carbocycles. The number of rotatable bonds is 6. The van der Waals surface area contributed by atoms with Gasteiger partial charge in [-0.1, -0.05) is 111 Å². The molecule has 1 aliphatic carbocycles. The molecule has 2 atom stereocenters. The van der Waals surface area contributed by atoms with Crippen LogP contribution in [0.4, 0.5) is 0 Å². The summed E-state index contributed by atoms with van der Waals surface area (Å²) in [6.07, 6.45) is 7.31. The quantitative estimate of drug-likeness (QED) is 0.194. The first-order chi connectivity index (χ1) is 14.8. The zero-order valence-corrected chi connectivity index (χ0v) is 22.2. The predicted molar refractivity (Wildman–Crippen MR) is 140 cm³/mol. The van der Waals surface area contributed by atoms with Gasteiger partial charge in [0.15, 0.2) is 0 Å². The second-order valence-corrected chi connectivity index (χ2v) is 15.4. The van der Waals surface area contributed by atoms with Crippen LogP contribution in [0.25, 0.3) is 0 Å². The molecule has 0 radical (unpaired) electrons. The summed E-state index contributed by atoms with van der Waals surface area (Å²) in [6, 6.07) is 21.9. The molecule has 4 heteroatoms. The summed E-state index contributed by atoms with van der Waals surface area (Å²) in [5.41, 5.74) is 2.78. The Morgan fingerprint density at radius 2 is 1.58 bits per heavy atom. The maximum absolute atomic E-state index is 7.45. The summed E-state index contributed by atoms with van der Waals surface area (Å²) in [6.45, 7) is 9.43. The fraction of sp³-hybridized carbons (Fsp3) is 0.407. The van der Waals surface area contributed by atoms with Gasteiger partial charge in [0.25, 0.3) is 8.32 Å². The van der Waals surface area contributed by atoms with Crippen molar-refractivity contribution in [3.05, 3.63) is 84.3 Å². The number of benzene rings is 2. The number of hydrogen-bond donors (Lipinski definition) is 0. The van der Waals surface area contributed by atoms with E-state index in [2.05, 4.69) is 111 Å². The molecule has 0 amide bonds. The lowest BCUT2D eigenvalue weighted by Crippen LogP contribution is -2.67. The van der Waals surface area contributed by atoms with Crippen molar-refractivity contribution in [2.45, 2.75) is 63.5 Å². The molecule has 0 saturated heterocycles. The molecule has 0 aliphatic heterocycles. The van der Waals surface area contributed by atoms with Crippen molar-refractivity contribution in [1.82, 2.24) is 0 Å². The number of fused-ring (bicyclic) bond motifs is 1. The van der Waals surface area contributed by atoms with Crippen LogP contribution in [0, 0.1) is 0 Å². The van der Waals surface area contributed by atoms with Gasteiger partial charge >= 0.3 is 0 Å². The van der Waals surface area contributed by atoms with Gasteiger partial charge in [-0.15, -0.1) is 0 Å². The zero-order chi connectivity index (χ0) is 22.1. The molecule has 0 fully saturated rings. The van der Waals surface area contributed by atoms with Gasteiger partial charge in [-0.25, -0.2) is 0 Å². The van der Waals surface area contributed by atoms with Crippen molar-refractivity contribution in [2.75, 3.05) is 4.43 Å². The highest BCUT2D eigenvalue weighted by atomic mass is 127. The van der Waals surface area contributed by atoms with Crippen molar-refractivity contribution in [2.24, 2.45) is 0 Å². The lowest BCUT2D eigenvalue weighted by Gasteiger charge is -2.47. The summed E-state index contributed by atoms with van der Waals surface area (Å²) in [4.78, 5) is 0. The fourth-order valence-corrected chi connectivity index (χ4v) is 11.2. The lowest BCUT2D eigenvalue weighted by atomic mass is 9.70. The van der Waals surface area contributed by atoms with E-state index in [0.29, 0.717) is 0 Å². The minimum Gasteiger partial charge on any atom is -0.472 e. The third-order valence-electron chi connectivity index (χ3n) is 7.03. The highest BCUT2D eigenvalue weighted by Crippen LogP contribution is 2.49. The first kappa shape index (κ1) is 22.8. The van der Waals surface area contributed by atoms with Crippen LogP contribution in [-0.4, -0.2) is 12.7 Å². The molecule has 0 spiro atoms. The van der Waals surface area contributed by atoms with Crippen LogP contribution < -0.4 is 10.4 Å². The highest BCUT2D eigenvalue weighted by Gasteiger charge is 2.52. The Morgan fingerprint density at radius 3 is 2.10 bits per heavy atom. The topological polar surface area (TPSA) is 22.4 Å². The van der Waals surface area contributed by atoms with E-state index < -0.39 is 8.32 Å². The van der Waals surface area contributed by atoms with Crippen LogP contribution in [0.15, 0.2) is 77.6 Å². The van der Waals surface area contributed by atoms with Crippen molar-refractivity contribution >= 4 is 41.3 Å². The van der Waals surface area contributed by atoms with E-state index in [0.717, 1.165) is 17.3 Å². The van der Waals surface area contributed by atoms with E-state index in [1.54, 1.807) is 0 Å². The number of furan rings is 1. The Hall–Kier alpha value is -1.37. The van der Waals surface area contributed by atoms with Gasteiger partial charge in [0, 0.05) is 15.6 Å². The molecule has 2 nitrogen and oxygen atoms in total. The Kier molecular flexibility index (Phi) is 6.53. The number of alkyl halides is 1. The van der Waals surface area contributed by atoms with Crippen LogP contribution in [-0.2, 0) is 9.84 Å². The molecule has 31 heavy (non-hydrogen) atoms. The van der Waals surface area contributed by atoms with E-state index >= 15 is 0 Å². The number of halogens is 1. The molecule has 3 aromatic rings. The second-order valence-electron chi connectivity index (χ2n) is 10.0. The van der Waals surface area contributed by atoms with Crippen molar-refractivity contribution < 1.29 is 8.84 Å². The van der Waals surface area contributed by atoms with Crippen molar-refractivity contribution in [3.8, 4) is 0 Å². The first-order valence-corrected chi connectivity index (χ1v) is 14.7. The molecule has 0 unspecified atom stereocenters. The van der Waals surface area contributed by atoms with E-state index in [9.17, 15) is 0 Å². The van der Waals surface area contributed by atoms with E-state index in [-0.39, 0.29) is 16.6 Å². The average molecular weight is 545 g/mol. The lowest BCUT2D eigenvalue weighted by molar-refractivity contribution is 0.149. The summed E-state index contributed by atoms with van der Waals surface area (Å²) in [5.74, 6) is 0. The number of hydrogen-bond acceptors (Lipinski definition) is 2. The van der Waals surface area contributed by atoms with Crippen LogP contribution >= 0.6 is 22.6 Å². The average Bonchev–Trinajstić information content (AvgIpc) is 3.26. The van der Waals surface area contributed by atoms with E-state index in [1.807, 2.05) is 12.5 Å². The van der Waals surface area contributed by atoms with E-state index in [1.165, 1.54) is 27.9 Å². The molecule has 0 N–H and O–H groups in total. The summed E-state index contributed by atoms with van der Waals surface area (Å²) in [7, 11) is -2.59. The van der Waals surface area contributed by atoms with Crippen LogP contribution in [0.3, 0.4) is 0 Å². The maximum Gasteiger partial charge on any atom is 0.261 e. The smallest absolute Gasteiger partial charge is 0.261 e. The first-order valence-electron chi connectivity index (χ1n) is 11.2. The van der Waals surface area contributed by atoms with Gasteiger partial charge in [0.05, 0.1) is 18.6 Å². The predicted octanol–water partition coefficient (Wildman–Crippen LogP) is 6.77. The van der Waals surface area contributed by atoms with E-state index in [4.69, 9.17) is 8.84 Å². The van der Waals surface area contributed by atoms with Gasteiger partial charge in [-0.3, -0.25) is 0 Å². The van der Waals surface area contributed by atoms with Gasteiger partial charge < -0.3 is 8.84 Å². The third-order valence-corrected chi connectivity index (χ3v) is 12.6. The molecule has 4 rings (SSSR count). The fourth-order valence-electron chi connectivity index (χ4n) is 5.28. The van der Waals surface area contributed by atoms with Crippen LogP contribution in [0.5, 0.6) is 0 Å². The standard InChI is InChI=1S/C27H33IO2Si/c1-26(2,3)31(21-11-7-5-8-12-21,22-13-9-6-10-14-22)30-25-15-16-27(4,17-18-28)24-20-29-19-23(24)25/h5-14,19-20,25H,15-18H2,1-4H3/t25-,27-/m1/s1. The molecular formula is C27H33IO2Si. The van der Waals surface area contributed by atoms with Gasteiger partial charge in [0.1, 0.15) is 0 Å². The molecule has 1 heterocycles. The Balaban J connectivity index is 1.85.